The van der Waals surface area contributed by atoms with Crippen LogP contribution in [-0.4, -0.2) is 23.3 Å². The third kappa shape index (κ3) is 6.50. The fourth-order valence-corrected chi connectivity index (χ4v) is 4.43. The molecule has 3 aromatic rings. The second-order valence-electron chi connectivity index (χ2n) is 8.80. The van der Waals surface area contributed by atoms with Gasteiger partial charge in [0.05, 0.1) is 13.0 Å². The highest BCUT2D eigenvalue weighted by Crippen LogP contribution is 2.30. The summed E-state index contributed by atoms with van der Waals surface area (Å²) in [5, 5.41) is 2.93. The summed E-state index contributed by atoms with van der Waals surface area (Å²) in [6, 6.07) is 19.6. The topological polar surface area (TPSA) is 62.3 Å². The number of nitrogens with zero attached hydrogens (tertiary/aromatic N) is 2. The van der Waals surface area contributed by atoms with Gasteiger partial charge >= 0.3 is 0 Å². The molecule has 34 heavy (non-hydrogen) atoms. The first kappa shape index (κ1) is 23.6. The Labute approximate surface area is 200 Å². The lowest BCUT2D eigenvalue weighted by molar-refractivity contribution is -0.122. The third-order valence-electron chi connectivity index (χ3n) is 6.24. The number of nitrogens with one attached hydrogen (secondary N) is 1. The predicted octanol–water partition coefficient (Wildman–Crippen LogP) is 4.85. The minimum atomic E-state index is -0.310. The number of carbonyl (C=O) groups is 2. The number of anilines is 1. The number of hydrogen-bond donors (Lipinski definition) is 1. The van der Waals surface area contributed by atoms with Crippen LogP contribution in [0.2, 0.25) is 0 Å². The molecule has 0 bridgehead atoms. The Hall–Kier alpha value is -3.54. The van der Waals surface area contributed by atoms with E-state index in [0.717, 1.165) is 48.2 Å². The van der Waals surface area contributed by atoms with E-state index in [9.17, 15) is 14.0 Å². The lowest BCUT2D eigenvalue weighted by Crippen LogP contribution is -2.35. The molecule has 1 N–H and O–H groups in total. The Morgan fingerprint density at radius 1 is 0.971 bits per heavy atom. The first-order valence-electron chi connectivity index (χ1n) is 11.9. The Morgan fingerprint density at radius 3 is 2.47 bits per heavy atom. The van der Waals surface area contributed by atoms with Crippen LogP contribution in [0, 0.1) is 11.7 Å². The fourth-order valence-electron chi connectivity index (χ4n) is 4.43. The van der Waals surface area contributed by atoms with Crippen LogP contribution in [-0.2, 0) is 29.0 Å². The maximum Gasteiger partial charge on any atom is 0.230 e. The second-order valence-corrected chi connectivity index (χ2v) is 8.80. The summed E-state index contributed by atoms with van der Waals surface area (Å²) in [7, 11) is 0. The van der Waals surface area contributed by atoms with Gasteiger partial charge in [0.25, 0.3) is 0 Å². The van der Waals surface area contributed by atoms with Crippen LogP contribution in [0.15, 0.2) is 72.9 Å². The van der Waals surface area contributed by atoms with Crippen LogP contribution in [0.3, 0.4) is 0 Å². The number of hydrogen-bond acceptors (Lipinski definition) is 3. The Balaban J connectivity index is 1.39. The molecule has 1 aromatic heterocycles. The van der Waals surface area contributed by atoms with Crippen molar-refractivity contribution in [2.24, 2.45) is 5.92 Å². The standard InChI is InChI=1S/C28H30FN3O2/c29-24-9-5-6-22(18-24)20-32(28(34)23-7-1-2-8-23)26-13-11-21(12-14-26)19-27(33)31-17-15-25-10-3-4-16-30-25/h3-6,9-14,16,18,23H,1-2,7-8,15,17,19-20H2,(H,31,33). The molecule has 0 aliphatic heterocycles. The molecule has 2 amide bonds. The van der Waals surface area contributed by atoms with Crippen molar-refractivity contribution in [3.8, 4) is 0 Å². The number of amides is 2. The largest absolute Gasteiger partial charge is 0.355 e. The van der Waals surface area contributed by atoms with Crippen molar-refractivity contribution in [2.75, 3.05) is 11.4 Å². The molecule has 6 heteroatoms. The number of halogens is 1. The molecule has 0 atom stereocenters. The highest BCUT2D eigenvalue weighted by molar-refractivity contribution is 5.95. The quantitative estimate of drug-likeness (QED) is 0.498. The van der Waals surface area contributed by atoms with E-state index in [1.165, 1.54) is 12.1 Å². The van der Waals surface area contributed by atoms with Crippen molar-refractivity contribution < 1.29 is 14.0 Å². The van der Waals surface area contributed by atoms with Crippen LogP contribution in [0.5, 0.6) is 0 Å². The normalized spacial score (nSPS) is 13.6. The summed E-state index contributed by atoms with van der Waals surface area (Å²) in [6.45, 7) is 0.853. The van der Waals surface area contributed by atoms with Gasteiger partial charge in [0.15, 0.2) is 0 Å². The highest BCUT2D eigenvalue weighted by Gasteiger charge is 2.28. The summed E-state index contributed by atoms with van der Waals surface area (Å²) in [5.74, 6) is -0.266. The van der Waals surface area contributed by atoms with Gasteiger partial charge in [-0.25, -0.2) is 4.39 Å². The molecule has 0 saturated heterocycles. The van der Waals surface area contributed by atoms with Gasteiger partial charge in [0.2, 0.25) is 11.8 Å². The molecule has 4 rings (SSSR count). The van der Waals surface area contributed by atoms with Crippen molar-refractivity contribution in [2.45, 2.75) is 45.1 Å². The Bertz CT molecular complexity index is 1100. The van der Waals surface area contributed by atoms with E-state index in [-0.39, 0.29) is 30.0 Å². The number of benzene rings is 2. The van der Waals surface area contributed by atoms with Crippen LogP contribution < -0.4 is 10.2 Å². The van der Waals surface area contributed by atoms with Gasteiger partial charge in [0, 0.05) is 36.5 Å². The first-order chi connectivity index (χ1) is 16.6. The van der Waals surface area contributed by atoms with E-state index in [1.807, 2.05) is 48.5 Å². The summed E-state index contributed by atoms with van der Waals surface area (Å²) in [5.41, 5.74) is 3.33. The van der Waals surface area contributed by atoms with Crippen molar-refractivity contribution in [3.63, 3.8) is 0 Å². The average molecular weight is 460 g/mol. The lowest BCUT2D eigenvalue weighted by atomic mass is 10.0. The molecule has 2 aromatic carbocycles. The molecule has 5 nitrogen and oxygen atoms in total. The zero-order chi connectivity index (χ0) is 23.8. The third-order valence-corrected chi connectivity index (χ3v) is 6.24. The van der Waals surface area contributed by atoms with Gasteiger partial charge in [-0.1, -0.05) is 43.2 Å². The first-order valence-corrected chi connectivity index (χ1v) is 11.9. The number of rotatable bonds is 9. The molecule has 0 spiro atoms. The smallest absolute Gasteiger partial charge is 0.230 e. The van der Waals surface area contributed by atoms with Crippen LogP contribution in [0.4, 0.5) is 10.1 Å². The number of carbonyl (C=O) groups excluding carboxylic acids is 2. The minimum absolute atomic E-state index is 0.0121. The van der Waals surface area contributed by atoms with Gasteiger partial charge in [-0.2, -0.15) is 0 Å². The second kappa shape index (κ2) is 11.5. The van der Waals surface area contributed by atoms with E-state index in [2.05, 4.69) is 10.3 Å². The fraction of sp³-hybridized carbons (Fsp3) is 0.321. The minimum Gasteiger partial charge on any atom is -0.355 e. The molecule has 0 unspecified atom stereocenters. The zero-order valence-electron chi connectivity index (χ0n) is 19.3. The molecule has 0 radical (unpaired) electrons. The summed E-state index contributed by atoms with van der Waals surface area (Å²) in [4.78, 5) is 31.7. The Morgan fingerprint density at radius 2 is 1.76 bits per heavy atom. The predicted molar refractivity (Wildman–Crippen MR) is 131 cm³/mol. The zero-order valence-corrected chi connectivity index (χ0v) is 19.3. The average Bonchev–Trinajstić information content (AvgIpc) is 3.39. The van der Waals surface area contributed by atoms with Gasteiger partial charge in [-0.3, -0.25) is 14.6 Å². The summed E-state index contributed by atoms with van der Waals surface area (Å²) < 4.78 is 13.7. The van der Waals surface area contributed by atoms with E-state index < -0.39 is 0 Å². The molecular weight excluding hydrogens is 429 g/mol. The summed E-state index contributed by atoms with van der Waals surface area (Å²) in [6.07, 6.45) is 6.63. The molecule has 1 aliphatic rings. The number of pyridine rings is 1. The lowest BCUT2D eigenvalue weighted by Gasteiger charge is -2.26. The van der Waals surface area contributed by atoms with Gasteiger partial charge < -0.3 is 10.2 Å². The van der Waals surface area contributed by atoms with Crippen LogP contribution >= 0.6 is 0 Å². The van der Waals surface area contributed by atoms with E-state index in [4.69, 9.17) is 0 Å². The van der Waals surface area contributed by atoms with E-state index in [0.29, 0.717) is 19.5 Å². The van der Waals surface area contributed by atoms with Crippen LogP contribution in [0.25, 0.3) is 0 Å². The maximum atomic E-state index is 13.7. The van der Waals surface area contributed by atoms with Crippen molar-refractivity contribution in [1.82, 2.24) is 10.3 Å². The molecule has 1 aliphatic carbocycles. The van der Waals surface area contributed by atoms with Crippen molar-refractivity contribution in [1.29, 1.82) is 0 Å². The SMILES string of the molecule is O=C(Cc1ccc(N(Cc2cccc(F)c2)C(=O)C2CCCC2)cc1)NCCc1ccccn1. The van der Waals surface area contributed by atoms with Gasteiger partial charge in [0.1, 0.15) is 5.82 Å². The van der Waals surface area contributed by atoms with Crippen LogP contribution in [0.1, 0.15) is 42.5 Å². The maximum absolute atomic E-state index is 13.7. The van der Waals surface area contributed by atoms with Gasteiger partial charge in [-0.15, -0.1) is 0 Å². The molecule has 1 heterocycles. The Kier molecular flexibility index (Phi) is 8.02. The highest BCUT2D eigenvalue weighted by atomic mass is 19.1. The monoisotopic (exact) mass is 459 g/mol. The molecule has 176 valence electrons. The number of aromatic nitrogens is 1. The van der Waals surface area contributed by atoms with Crippen molar-refractivity contribution in [3.05, 3.63) is 95.6 Å². The van der Waals surface area contributed by atoms with Crippen molar-refractivity contribution >= 4 is 17.5 Å². The summed E-state index contributed by atoms with van der Waals surface area (Å²) >= 11 is 0. The van der Waals surface area contributed by atoms with E-state index >= 15 is 0 Å². The molecule has 1 saturated carbocycles. The van der Waals surface area contributed by atoms with Gasteiger partial charge in [-0.05, 0) is 60.4 Å². The molecular formula is C28H30FN3O2. The molecule has 1 fully saturated rings. The van der Waals surface area contributed by atoms with E-state index in [1.54, 1.807) is 17.2 Å².